The molecule has 1 N–H and O–H groups in total. The molecule has 2 bridgehead atoms. The third-order valence-electron chi connectivity index (χ3n) is 8.14. The first-order valence-corrected chi connectivity index (χ1v) is 12.7. The Morgan fingerprint density at radius 2 is 1.26 bits per heavy atom. The molecule has 6 nitrogen and oxygen atoms in total. The Labute approximate surface area is 219 Å². The molecule has 1 saturated heterocycles. The van der Waals surface area contributed by atoms with Gasteiger partial charge >= 0.3 is 0 Å². The minimum Gasteiger partial charge on any atom is -0.497 e. The average Bonchev–Trinajstić information content (AvgIpc) is 3.23. The van der Waals surface area contributed by atoms with Crippen LogP contribution in [0.15, 0.2) is 97.1 Å². The minimum absolute atomic E-state index is 0.168. The lowest BCUT2D eigenvalue weighted by molar-refractivity contribution is -0.122. The molecule has 0 unspecified atom stereocenters. The molecule has 4 aromatic rings. The molecule has 4 aliphatic rings. The highest BCUT2D eigenvalue weighted by molar-refractivity contribution is 6.23. The van der Waals surface area contributed by atoms with Crippen molar-refractivity contribution in [1.29, 1.82) is 0 Å². The molecule has 3 aliphatic carbocycles. The summed E-state index contributed by atoms with van der Waals surface area (Å²) in [6.07, 6.45) is 0. The number of nitrogens with one attached hydrogen (secondary N) is 1. The van der Waals surface area contributed by atoms with Crippen LogP contribution >= 0.6 is 0 Å². The highest BCUT2D eigenvalue weighted by atomic mass is 16.5. The van der Waals surface area contributed by atoms with E-state index in [1.807, 2.05) is 24.3 Å². The molecule has 38 heavy (non-hydrogen) atoms. The predicted molar refractivity (Wildman–Crippen MR) is 143 cm³/mol. The molecule has 1 heterocycles. The van der Waals surface area contributed by atoms with E-state index < -0.39 is 11.8 Å². The van der Waals surface area contributed by atoms with Crippen molar-refractivity contribution in [3.05, 3.63) is 125 Å². The number of benzene rings is 4. The molecule has 0 spiro atoms. The van der Waals surface area contributed by atoms with E-state index in [1.54, 1.807) is 55.6 Å². The van der Waals surface area contributed by atoms with Gasteiger partial charge in [-0.25, -0.2) is 4.90 Å². The molecular formula is C32H24N2O4. The summed E-state index contributed by atoms with van der Waals surface area (Å²) in [5.41, 5.74) is 5.89. The highest BCUT2D eigenvalue weighted by Crippen LogP contribution is 2.61. The summed E-state index contributed by atoms with van der Waals surface area (Å²) in [6, 6.07) is 30.1. The Hall–Kier alpha value is -4.71. The van der Waals surface area contributed by atoms with E-state index in [0.29, 0.717) is 22.7 Å². The summed E-state index contributed by atoms with van der Waals surface area (Å²) in [4.78, 5) is 42.4. The van der Waals surface area contributed by atoms with Crippen molar-refractivity contribution < 1.29 is 19.1 Å². The molecule has 0 saturated carbocycles. The molecule has 1 aliphatic heterocycles. The molecule has 0 radical (unpaired) electrons. The van der Waals surface area contributed by atoms with Crippen LogP contribution in [0.4, 0.5) is 11.4 Å². The minimum atomic E-state index is -0.466. The second-order valence-electron chi connectivity index (χ2n) is 10.0. The zero-order chi connectivity index (χ0) is 26.0. The predicted octanol–water partition coefficient (Wildman–Crippen LogP) is 5.34. The molecule has 3 amide bonds. The standard InChI is InChI=1S/C32H24N2O4/c1-38-21-11-7-9-19(17-21)33-30(35)18-8-6-10-20(16-18)34-31(36)28-26-22-12-2-3-13-23(22)27(29(28)32(34)37)25-15-5-4-14-24(25)26/h2-17,26-29H,1H3,(H,33,35)/t26?,27?,28-,29-/m0/s1. The largest absolute Gasteiger partial charge is 0.497 e. The van der Waals surface area contributed by atoms with E-state index in [1.165, 1.54) is 4.90 Å². The number of hydrogen-bond donors (Lipinski definition) is 1. The van der Waals surface area contributed by atoms with Gasteiger partial charge in [0, 0.05) is 29.2 Å². The van der Waals surface area contributed by atoms with Gasteiger partial charge in [-0.15, -0.1) is 0 Å². The summed E-state index contributed by atoms with van der Waals surface area (Å²) in [7, 11) is 1.56. The van der Waals surface area contributed by atoms with E-state index in [9.17, 15) is 14.4 Å². The van der Waals surface area contributed by atoms with Crippen LogP contribution in [0.1, 0.15) is 44.4 Å². The number of nitrogens with zero attached hydrogens (tertiary/aromatic N) is 1. The maximum absolute atomic E-state index is 14.0. The van der Waals surface area contributed by atoms with Crippen LogP contribution in [-0.4, -0.2) is 24.8 Å². The Morgan fingerprint density at radius 1 is 0.711 bits per heavy atom. The van der Waals surface area contributed by atoms with Crippen molar-refractivity contribution in [2.45, 2.75) is 11.8 Å². The van der Waals surface area contributed by atoms with Gasteiger partial charge in [-0.2, -0.15) is 0 Å². The van der Waals surface area contributed by atoms with Gasteiger partial charge in [0.1, 0.15) is 5.75 Å². The smallest absolute Gasteiger partial charge is 0.255 e. The molecule has 4 aromatic carbocycles. The summed E-state index contributed by atoms with van der Waals surface area (Å²) in [5.74, 6) is -1.39. The summed E-state index contributed by atoms with van der Waals surface area (Å²) in [6.45, 7) is 0. The fraction of sp³-hybridized carbons (Fsp3) is 0.156. The van der Waals surface area contributed by atoms with E-state index in [4.69, 9.17) is 4.74 Å². The Bertz CT molecular complexity index is 1530. The lowest BCUT2D eigenvalue weighted by Crippen LogP contribution is -2.41. The number of amides is 3. The van der Waals surface area contributed by atoms with Crippen molar-refractivity contribution in [3.8, 4) is 5.75 Å². The zero-order valence-electron chi connectivity index (χ0n) is 20.6. The van der Waals surface area contributed by atoms with Crippen LogP contribution in [0, 0.1) is 11.8 Å². The first-order valence-electron chi connectivity index (χ1n) is 12.7. The maximum Gasteiger partial charge on any atom is 0.255 e. The van der Waals surface area contributed by atoms with E-state index >= 15 is 0 Å². The van der Waals surface area contributed by atoms with Gasteiger partial charge < -0.3 is 10.1 Å². The molecule has 1 fully saturated rings. The van der Waals surface area contributed by atoms with Gasteiger partial charge in [-0.1, -0.05) is 60.7 Å². The molecule has 6 heteroatoms. The van der Waals surface area contributed by atoms with E-state index in [-0.39, 0.29) is 29.6 Å². The summed E-state index contributed by atoms with van der Waals surface area (Å²) in [5, 5.41) is 2.86. The van der Waals surface area contributed by atoms with Crippen LogP contribution < -0.4 is 15.0 Å². The van der Waals surface area contributed by atoms with Crippen LogP contribution in [0.25, 0.3) is 0 Å². The van der Waals surface area contributed by atoms with Gasteiger partial charge in [0.25, 0.3) is 5.91 Å². The lowest BCUT2D eigenvalue weighted by atomic mass is 9.55. The van der Waals surface area contributed by atoms with Gasteiger partial charge in [0.2, 0.25) is 11.8 Å². The number of imide groups is 1. The molecule has 2 atom stereocenters. The number of methoxy groups -OCH3 is 1. The Kier molecular flexibility index (Phi) is 4.98. The van der Waals surface area contributed by atoms with Crippen LogP contribution in [0.2, 0.25) is 0 Å². The van der Waals surface area contributed by atoms with E-state index in [0.717, 1.165) is 22.3 Å². The number of ether oxygens (including phenoxy) is 1. The quantitative estimate of drug-likeness (QED) is 0.384. The molecule has 186 valence electrons. The normalized spacial score (nSPS) is 22.5. The van der Waals surface area contributed by atoms with Crippen molar-refractivity contribution in [2.75, 3.05) is 17.3 Å². The van der Waals surface area contributed by atoms with Crippen LogP contribution in [0.3, 0.4) is 0 Å². The summed E-state index contributed by atoms with van der Waals surface area (Å²) < 4.78 is 5.23. The van der Waals surface area contributed by atoms with Gasteiger partial charge in [0.15, 0.2) is 0 Å². The second kappa shape index (κ2) is 8.42. The third-order valence-corrected chi connectivity index (χ3v) is 8.14. The number of anilines is 2. The molecule has 8 rings (SSSR count). The van der Waals surface area contributed by atoms with Gasteiger partial charge in [-0.05, 0) is 52.6 Å². The lowest BCUT2D eigenvalue weighted by Gasteiger charge is -2.45. The topological polar surface area (TPSA) is 75.7 Å². The molecular weight excluding hydrogens is 476 g/mol. The number of hydrogen-bond acceptors (Lipinski definition) is 4. The van der Waals surface area contributed by atoms with Crippen LogP contribution in [0.5, 0.6) is 5.75 Å². The van der Waals surface area contributed by atoms with Crippen LogP contribution in [-0.2, 0) is 9.59 Å². The fourth-order valence-corrected chi connectivity index (χ4v) is 6.62. The SMILES string of the molecule is COc1cccc(NC(=O)c2cccc(N3C(=O)[C@H]4C5c6ccccc6C(c6ccccc65)[C@@H]4C3=O)c2)c1. The van der Waals surface area contributed by atoms with Crippen molar-refractivity contribution in [1.82, 2.24) is 0 Å². The highest BCUT2D eigenvalue weighted by Gasteiger charge is 2.61. The van der Waals surface area contributed by atoms with Crippen molar-refractivity contribution >= 4 is 29.1 Å². The zero-order valence-corrected chi connectivity index (χ0v) is 20.6. The first kappa shape index (κ1) is 22.5. The second-order valence-corrected chi connectivity index (χ2v) is 10.0. The molecule has 0 aromatic heterocycles. The Morgan fingerprint density at radius 3 is 1.82 bits per heavy atom. The number of carbonyl (C=O) groups excluding carboxylic acids is 3. The first-order chi connectivity index (χ1) is 18.6. The number of rotatable bonds is 4. The van der Waals surface area contributed by atoms with Gasteiger partial charge in [-0.3, -0.25) is 14.4 Å². The Balaban J connectivity index is 1.25. The maximum atomic E-state index is 14.0. The monoisotopic (exact) mass is 500 g/mol. The van der Waals surface area contributed by atoms with Gasteiger partial charge in [0.05, 0.1) is 24.6 Å². The fourth-order valence-electron chi connectivity index (χ4n) is 6.62. The summed E-state index contributed by atoms with van der Waals surface area (Å²) >= 11 is 0. The number of carbonyl (C=O) groups is 3. The van der Waals surface area contributed by atoms with Crippen molar-refractivity contribution in [2.24, 2.45) is 11.8 Å². The van der Waals surface area contributed by atoms with E-state index in [2.05, 4.69) is 29.6 Å². The third kappa shape index (κ3) is 3.16. The van der Waals surface area contributed by atoms with Crippen molar-refractivity contribution in [3.63, 3.8) is 0 Å². The average molecular weight is 501 g/mol.